The minimum atomic E-state index is -0.763. The van der Waals surface area contributed by atoms with E-state index in [0.29, 0.717) is 25.7 Å². The Kier molecular flexibility index (Phi) is 8.29. The topological polar surface area (TPSA) is 97.0 Å². The molecular weight excluding hydrogens is 616 g/mol. The summed E-state index contributed by atoms with van der Waals surface area (Å²) < 4.78 is 25.9. The molecule has 4 amide bonds. The van der Waals surface area contributed by atoms with Crippen molar-refractivity contribution in [3.05, 3.63) is 91.9 Å². The number of carbonyl (C=O) groups excluding carboxylic acids is 3. The molecule has 1 saturated heterocycles. The zero-order chi connectivity index (χ0) is 26.5. The van der Waals surface area contributed by atoms with Crippen LogP contribution in [0.2, 0.25) is 5.02 Å². The minimum absolute atomic E-state index is 0.0220. The maximum atomic E-state index is 13.8. The highest BCUT2D eigenvalue weighted by molar-refractivity contribution is 14.1. The third-order valence-electron chi connectivity index (χ3n) is 5.30. The van der Waals surface area contributed by atoms with Gasteiger partial charge in [0.25, 0.3) is 5.91 Å². The zero-order valence-corrected chi connectivity index (χ0v) is 22.3. The Bertz CT molecular complexity index is 1410. The Morgan fingerprint density at radius 2 is 1.89 bits per heavy atom. The first kappa shape index (κ1) is 26.4. The molecule has 0 spiro atoms. The van der Waals surface area contributed by atoms with Crippen molar-refractivity contribution in [2.45, 2.75) is 6.61 Å². The number of amides is 4. The second kappa shape index (κ2) is 11.6. The van der Waals surface area contributed by atoms with Crippen LogP contribution in [-0.4, -0.2) is 36.4 Å². The van der Waals surface area contributed by atoms with Crippen LogP contribution in [0.25, 0.3) is 6.08 Å². The molecule has 190 valence electrons. The standard InChI is InChI=1S/C26H20ClFIN3O5/c1-36-22-12-15(10-19(29)24(22)37-14-16-6-2-3-7-17(16)27)11-21-25(34)32(26(35)31-21)13-23(33)30-20-9-5-4-8-18(20)28/h2-12H,13-14H2,1H3,(H,30,33)(H,31,35)/b21-11+. The lowest BCUT2D eigenvalue weighted by Crippen LogP contribution is -2.38. The summed E-state index contributed by atoms with van der Waals surface area (Å²) in [5, 5.41) is 5.40. The van der Waals surface area contributed by atoms with Gasteiger partial charge in [-0.3, -0.25) is 9.59 Å². The summed E-state index contributed by atoms with van der Waals surface area (Å²) in [7, 11) is 1.49. The van der Waals surface area contributed by atoms with Crippen molar-refractivity contribution < 1.29 is 28.2 Å². The number of imide groups is 1. The number of carbonyl (C=O) groups is 3. The summed E-state index contributed by atoms with van der Waals surface area (Å²) in [5.41, 5.74) is 1.30. The van der Waals surface area contributed by atoms with Crippen molar-refractivity contribution >= 4 is 63.8 Å². The molecule has 3 aromatic rings. The first-order valence-corrected chi connectivity index (χ1v) is 12.3. The van der Waals surface area contributed by atoms with E-state index >= 15 is 0 Å². The lowest BCUT2D eigenvalue weighted by Gasteiger charge is -2.14. The highest BCUT2D eigenvalue weighted by Crippen LogP contribution is 2.35. The maximum absolute atomic E-state index is 13.8. The molecule has 0 bridgehead atoms. The van der Waals surface area contributed by atoms with E-state index in [2.05, 4.69) is 33.2 Å². The van der Waals surface area contributed by atoms with Gasteiger partial charge in [-0.05, 0) is 64.6 Å². The van der Waals surface area contributed by atoms with E-state index in [1.165, 1.54) is 31.4 Å². The van der Waals surface area contributed by atoms with Crippen LogP contribution in [-0.2, 0) is 16.2 Å². The second-order valence-electron chi connectivity index (χ2n) is 7.82. The van der Waals surface area contributed by atoms with Gasteiger partial charge in [0.05, 0.1) is 16.4 Å². The highest BCUT2D eigenvalue weighted by atomic mass is 127. The molecule has 11 heteroatoms. The van der Waals surface area contributed by atoms with Gasteiger partial charge >= 0.3 is 6.03 Å². The predicted octanol–water partition coefficient (Wildman–Crippen LogP) is 5.20. The van der Waals surface area contributed by atoms with E-state index in [0.717, 1.165) is 10.5 Å². The summed E-state index contributed by atoms with van der Waals surface area (Å²) in [4.78, 5) is 38.3. The number of hydrogen-bond acceptors (Lipinski definition) is 5. The number of urea groups is 1. The van der Waals surface area contributed by atoms with Crippen molar-refractivity contribution in [1.82, 2.24) is 10.2 Å². The predicted molar refractivity (Wildman–Crippen MR) is 145 cm³/mol. The van der Waals surface area contributed by atoms with Crippen molar-refractivity contribution in [2.75, 3.05) is 19.0 Å². The number of methoxy groups -OCH3 is 1. The van der Waals surface area contributed by atoms with Crippen LogP contribution in [0.4, 0.5) is 14.9 Å². The number of rotatable bonds is 8. The molecule has 4 rings (SSSR count). The molecule has 0 radical (unpaired) electrons. The fourth-order valence-electron chi connectivity index (χ4n) is 3.51. The number of para-hydroxylation sites is 1. The number of halogens is 3. The normalized spacial score (nSPS) is 14.1. The molecule has 2 N–H and O–H groups in total. The Labute approximate surface area is 230 Å². The third kappa shape index (κ3) is 6.20. The molecule has 0 saturated carbocycles. The molecule has 1 aliphatic heterocycles. The van der Waals surface area contributed by atoms with E-state index < -0.39 is 30.2 Å². The maximum Gasteiger partial charge on any atom is 0.329 e. The fraction of sp³-hybridized carbons (Fsp3) is 0.115. The van der Waals surface area contributed by atoms with Crippen LogP contribution in [0.5, 0.6) is 11.5 Å². The summed E-state index contributed by atoms with van der Waals surface area (Å²) in [5.74, 6) is -1.12. The van der Waals surface area contributed by atoms with Gasteiger partial charge in [0.2, 0.25) is 5.91 Å². The molecule has 8 nitrogen and oxygen atoms in total. The van der Waals surface area contributed by atoms with Crippen molar-refractivity contribution in [2.24, 2.45) is 0 Å². The van der Waals surface area contributed by atoms with E-state index in [9.17, 15) is 18.8 Å². The van der Waals surface area contributed by atoms with Crippen molar-refractivity contribution in [1.29, 1.82) is 0 Å². The van der Waals surface area contributed by atoms with E-state index in [-0.39, 0.29) is 18.0 Å². The molecule has 0 aliphatic carbocycles. The first-order valence-electron chi connectivity index (χ1n) is 10.9. The van der Waals surface area contributed by atoms with Crippen LogP contribution in [0.1, 0.15) is 11.1 Å². The van der Waals surface area contributed by atoms with Crippen molar-refractivity contribution in [3.63, 3.8) is 0 Å². The van der Waals surface area contributed by atoms with Gasteiger partial charge < -0.3 is 20.1 Å². The average molecular weight is 636 g/mol. The minimum Gasteiger partial charge on any atom is -0.493 e. The second-order valence-corrected chi connectivity index (χ2v) is 9.39. The highest BCUT2D eigenvalue weighted by Gasteiger charge is 2.35. The van der Waals surface area contributed by atoms with Gasteiger partial charge in [-0.2, -0.15) is 0 Å². The first-order chi connectivity index (χ1) is 17.8. The Morgan fingerprint density at radius 3 is 2.62 bits per heavy atom. The molecule has 0 aromatic heterocycles. The van der Waals surface area contributed by atoms with Crippen LogP contribution >= 0.6 is 34.2 Å². The van der Waals surface area contributed by atoms with Gasteiger partial charge in [-0.15, -0.1) is 0 Å². The van der Waals surface area contributed by atoms with Gasteiger partial charge in [-0.25, -0.2) is 14.1 Å². The van der Waals surface area contributed by atoms with Gasteiger partial charge in [-0.1, -0.05) is 41.9 Å². The monoisotopic (exact) mass is 635 g/mol. The number of ether oxygens (including phenoxy) is 2. The lowest BCUT2D eigenvalue weighted by molar-refractivity contribution is -0.127. The number of nitrogens with one attached hydrogen (secondary N) is 2. The van der Waals surface area contributed by atoms with Crippen molar-refractivity contribution in [3.8, 4) is 11.5 Å². The Balaban J connectivity index is 1.48. The van der Waals surface area contributed by atoms with Crippen LogP contribution in [0, 0.1) is 9.39 Å². The molecule has 1 fully saturated rings. The van der Waals surface area contributed by atoms with E-state index in [1.807, 2.05) is 18.2 Å². The molecular formula is C26H20ClFIN3O5. The molecule has 0 unspecified atom stereocenters. The largest absolute Gasteiger partial charge is 0.493 e. The van der Waals surface area contributed by atoms with E-state index in [1.54, 1.807) is 24.3 Å². The number of hydrogen-bond donors (Lipinski definition) is 2. The number of benzene rings is 3. The summed E-state index contributed by atoms with van der Waals surface area (Å²) in [6.07, 6.45) is 1.47. The summed E-state index contributed by atoms with van der Waals surface area (Å²) >= 11 is 8.29. The van der Waals surface area contributed by atoms with Crippen LogP contribution in [0.15, 0.2) is 66.4 Å². The Hall–Kier alpha value is -3.64. The average Bonchev–Trinajstić information content (AvgIpc) is 3.12. The van der Waals surface area contributed by atoms with Gasteiger partial charge in [0.15, 0.2) is 11.5 Å². The molecule has 3 aromatic carbocycles. The molecule has 1 aliphatic rings. The molecule has 1 heterocycles. The number of nitrogens with zero attached hydrogens (tertiary/aromatic N) is 1. The fourth-order valence-corrected chi connectivity index (χ4v) is 4.48. The smallest absolute Gasteiger partial charge is 0.329 e. The Morgan fingerprint density at radius 1 is 1.16 bits per heavy atom. The van der Waals surface area contributed by atoms with Crippen LogP contribution < -0.4 is 20.1 Å². The zero-order valence-electron chi connectivity index (χ0n) is 19.4. The van der Waals surface area contributed by atoms with Crippen LogP contribution in [0.3, 0.4) is 0 Å². The summed E-state index contributed by atoms with van der Waals surface area (Å²) in [6.45, 7) is -0.350. The third-order valence-corrected chi connectivity index (χ3v) is 6.47. The molecule has 0 atom stereocenters. The lowest BCUT2D eigenvalue weighted by atomic mass is 10.1. The molecule has 37 heavy (non-hydrogen) atoms. The quantitative estimate of drug-likeness (QED) is 0.202. The summed E-state index contributed by atoms with van der Waals surface area (Å²) in [6, 6.07) is 15.6. The van der Waals surface area contributed by atoms with E-state index in [4.69, 9.17) is 21.1 Å². The number of anilines is 1. The van der Waals surface area contributed by atoms with Gasteiger partial charge in [0.1, 0.15) is 24.7 Å². The SMILES string of the molecule is COc1cc(/C=C2/NC(=O)N(CC(=O)Nc3ccccc3F)C2=O)cc(I)c1OCc1ccccc1Cl. The van der Waals surface area contributed by atoms with Gasteiger partial charge in [0, 0.05) is 10.6 Å².